The first kappa shape index (κ1) is 27.9. The maximum atomic E-state index is 6.57. The highest BCUT2D eigenvalue weighted by atomic mass is 35.5. The third kappa shape index (κ3) is 5.91. The van der Waals surface area contributed by atoms with E-state index in [0.29, 0.717) is 52.4 Å². The number of nitrogens with one attached hydrogen (secondary N) is 2. The number of likely N-dealkylation sites (tertiary alicyclic amines) is 1. The first-order valence-electron chi connectivity index (χ1n) is 12.9. The second-order valence-electron chi connectivity index (χ2n) is 9.64. The zero-order valence-corrected chi connectivity index (χ0v) is 24.2. The van der Waals surface area contributed by atoms with E-state index < -0.39 is 0 Å². The van der Waals surface area contributed by atoms with Gasteiger partial charge in [0.1, 0.15) is 33.7 Å². The van der Waals surface area contributed by atoms with Crippen LogP contribution in [-0.2, 0) is 0 Å². The Bertz CT molecular complexity index is 1440. The van der Waals surface area contributed by atoms with E-state index in [1.54, 1.807) is 24.5 Å². The molecule has 13 heteroatoms. The van der Waals surface area contributed by atoms with Gasteiger partial charge in [0.25, 0.3) is 0 Å². The summed E-state index contributed by atoms with van der Waals surface area (Å²) in [5.74, 6) is 2.04. The van der Waals surface area contributed by atoms with Gasteiger partial charge >= 0.3 is 0 Å². The Morgan fingerprint density at radius 3 is 2.40 bits per heavy atom. The number of aromatic nitrogens is 6. The molecule has 11 nitrogen and oxygen atoms in total. The van der Waals surface area contributed by atoms with Crippen molar-refractivity contribution in [1.29, 1.82) is 0 Å². The van der Waals surface area contributed by atoms with Gasteiger partial charge in [-0.15, -0.1) is 0 Å². The fraction of sp³-hybridized carbons (Fsp3) is 0.370. The van der Waals surface area contributed by atoms with Crippen molar-refractivity contribution in [2.24, 2.45) is 0 Å². The summed E-state index contributed by atoms with van der Waals surface area (Å²) in [4.78, 5) is 20.3. The summed E-state index contributed by atoms with van der Waals surface area (Å²) in [7, 11) is 3.03. The Hall–Kier alpha value is -3.67. The van der Waals surface area contributed by atoms with E-state index in [-0.39, 0.29) is 10.0 Å². The topological polar surface area (TPSA) is 115 Å². The predicted octanol–water partition coefficient (Wildman–Crippen LogP) is 5.99. The van der Waals surface area contributed by atoms with Gasteiger partial charge in [0, 0.05) is 37.6 Å². The van der Waals surface area contributed by atoms with Crippen LogP contribution in [0, 0.1) is 0 Å². The van der Waals surface area contributed by atoms with Crippen LogP contribution in [0.2, 0.25) is 10.0 Å². The van der Waals surface area contributed by atoms with Gasteiger partial charge in [0.15, 0.2) is 5.82 Å². The van der Waals surface area contributed by atoms with Crippen LogP contribution in [0.25, 0.3) is 11.4 Å². The van der Waals surface area contributed by atoms with E-state index in [1.165, 1.54) is 20.5 Å². The minimum atomic E-state index is 0.287. The first-order chi connectivity index (χ1) is 19.4. The molecule has 5 rings (SSSR count). The summed E-state index contributed by atoms with van der Waals surface area (Å²) in [5, 5.41) is 11.6. The van der Waals surface area contributed by atoms with Crippen LogP contribution >= 0.6 is 23.2 Å². The lowest BCUT2D eigenvalue weighted by atomic mass is 10.0. The Labute approximate surface area is 242 Å². The van der Waals surface area contributed by atoms with E-state index in [0.717, 1.165) is 31.6 Å². The number of rotatable bonds is 9. The average Bonchev–Trinajstić information content (AvgIpc) is 3.44. The van der Waals surface area contributed by atoms with Crippen LogP contribution in [-0.4, -0.2) is 68.0 Å². The number of nitrogens with zero attached hydrogens (tertiary/aromatic N) is 7. The summed E-state index contributed by atoms with van der Waals surface area (Å²) >= 11 is 13.1. The van der Waals surface area contributed by atoms with Gasteiger partial charge in [-0.25, -0.2) is 15.0 Å². The molecular weight excluding hydrogens is 553 g/mol. The third-order valence-electron chi connectivity index (χ3n) is 6.90. The number of benzene rings is 1. The molecule has 40 heavy (non-hydrogen) atoms. The van der Waals surface area contributed by atoms with Crippen molar-refractivity contribution in [2.45, 2.75) is 38.8 Å². The Kier molecular flexibility index (Phi) is 8.53. The van der Waals surface area contributed by atoms with E-state index in [2.05, 4.69) is 54.4 Å². The standard InChI is InChI=1S/C27H31Cl2N9O2/c1-16(2)37-10-7-18(8-11-37)38-14-17(13-33-38)34-27-32-15-31-26(36-27)19-6-5-9-30-25(19)35-24-22(28)20(39-3)12-21(40-4)23(24)29/h5-6,9,12-16,18H,7-8,10-11H2,1-4H3,(H,30,35)(H,31,32,34,36). The molecule has 1 aromatic carbocycles. The minimum absolute atomic E-state index is 0.287. The highest BCUT2D eigenvalue weighted by molar-refractivity contribution is 6.41. The van der Waals surface area contributed by atoms with Crippen molar-refractivity contribution in [1.82, 2.24) is 34.6 Å². The summed E-state index contributed by atoms with van der Waals surface area (Å²) in [6.07, 6.45) is 9.01. The Balaban J connectivity index is 1.36. The smallest absolute Gasteiger partial charge is 0.230 e. The van der Waals surface area contributed by atoms with Gasteiger partial charge in [-0.2, -0.15) is 10.1 Å². The maximum Gasteiger partial charge on any atom is 0.230 e. The summed E-state index contributed by atoms with van der Waals surface area (Å²) < 4.78 is 12.8. The van der Waals surface area contributed by atoms with Crippen LogP contribution < -0.4 is 20.1 Å². The molecule has 0 spiro atoms. The van der Waals surface area contributed by atoms with Crippen LogP contribution in [0.5, 0.6) is 11.5 Å². The molecule has 4 aromatic rings. The van der Waals surface area contributed by atoms with Gasteiger partial charge in [-0.1, -0.05) is 23.2 Å². The van der Waals surface area contributed by atoms with Crippen molar-refractivity contribution in [3.05, 3.63) is 53.2 Å². The van der Waals surface area contributed by atoms with Crippen LogP contribution in [0.3, 0.4) is 0 Å². The van der Waals surface area contributed by atoms with Crippen LogP contribution in [0.15, 0.2) is 43.1 Å². The molecule has 4 heterocycles. The second-order valence-corrected chi connectivity index (χ2v) is 10.4. The number of anilines is 4. The second kappa shape index (κ2) is 12.2. The first-order valence-corrected chi connectivity index (χ1v) is 13.7. The largest absolute Gasteiger partial charge is 0.495 e. The van der Waals surface area contributed by atoms with Gasteiger partial charge in [-0.3, -0.25) is 4.68 Å². The van der Waals surface area contributed by atoms with Crippen molar-refractivity contribution in [2.75, 3.05) is 37.9 Å². The van der Waals surface area contributed by atoms with E-state index in [9.17, 15) is 0 Å². The van der Waals surface area contributed by atoms with Gasteiger partial charge in [0.2, 0.25) is 5.95 Å². The Morgan fingerprint density at radius 2 is 1.73 bits per heavy atom. The fourth-order valence-electron chi connectivity index (χ4n) is 4.68. The highest BCUT2D eigenvalue weighted by Crippen LogP contribution is 2.45. The van der Waals surface area contributed by atoms with Gasteiger partial charge in [0.05, 0.1) is 43.4 Å². The van der Waals surface area contributed by atoms with Gasteiger partial charge < -0.3 is 25.0 Å². The molecule has 1 aliphatic rings. The molecule has 0 unspecified atom stereocenters. The molecule has 1 fully saturated rings. The number of halogens is 2. The number of pyridine rings is 1. The summed E-state index contributed by atoms with van der Waals surface area (Å²) in [6, 6.07) is 6.20. The van der Waals surface area contributed by atoms with Crippen LogP contribution in [0.1, 0.15) is 32.7 Å². The molecule has 0 aliphatic carbocycles. The Morgan fingerprint density at radius 1 is 1.00 bits per heavy atom. The monoisotopic (exact) mass is 583 g/mol. The number of piperidine rings is 1. The zero-order valence-electron chi connectivity index (χ0n) is 22.7. The molecule has 0 saturated carbocycles. The van der Waals surface area contributed by atoms with E-state index in [1.807, 2.05) is 16.9 Å². The summed E-state index contributed by atoms with van der Waals surface area (Å²) in [5.41, 5.74) is 1.81. The van der Waals surface area contributed by atoms with Crippen molar-refractivity contribution in [3.8, 4) is 22.9 Å². The normalized spacial score (nSPS) is 14.4. The van der Waals surface area contributed by atoms with Gasteiger partial charge in [-0.05, 0) is 38.8 Å². The quantitative estimate of drug-likeness (QED) is 0.243. The highest BCUT2D eigenvalue weighted by Gasteiger charge is 2.23. The molecule has 1 saturated heterocycles. The van der Waals surface area contributed by atoms with Crippen molar-refractivity contribution >= 4 is 46.3 Å². The van der Waals surface area contributed by atoms with Crippen molar-refractivity contribution < 1.29 is 9.47 Å². The van der Waals surface area contributed by atoms with Crippen LogP contribution in [0.4, 0.5) is 23.1 Å². The molecule has 2 N–H and O–H groups in total. The fourth-order valence-corrected chi connectivity index (χ4v) is 5.28. The summed E-state index contributed by atoms with van der Waals surface area (Å²) in [6.45, 7) is 6.62. The average molecular weight is 585 g/mol. The molecular formula is C27H31Cl2N9O2. The molecule has 1 aliphatic heterocycles. The molecule has 210 valence electrons. The number of ether oxygens (including phenoxy) is 2. The lowest BCUT2D eigenvalue weighted by Crippen LogP contribution is -2.39. The third-order valence-corrected chi connectivity index (χ3v) is 7.65. The molecule has 0 bridgehead atoms. The molecule has 0 amide bonds. The van der Waals surface area contributed by atoms with Crippen molar-refractivity contribution in [3.63, 3.8) is 0 Å². The molecule has 0 atom stereocenters. The number of hydrogen-bond acceptors (Lipinski definition) is 10. The number of hydrogen-bond donors (Lipinski definition) is 2. The zero-order chi connectivity index (χ0) is 28.2. The van der Waals surface area contributed by atoms with E-state index >= 15 is 0 Å². The lowest BCUT2D eigenvalue weighted by molar-refractivity contribution is 0.147. The molecule has 3 aromatic heterocycles. The number of methoxy groups -OCH3 is 2. The predicted molar refractivity (Wildman–Crippen MR) is 156 cm³/mol. The minimum Gasteiger partial charge on any atom is -0.495 e. The lowest BCUT2D eigenvalue weighted by Gasteiger charge is -2.34. The van der Waals surface area contributed by atoms with E-state index in [4.69, 9.17) is 32.7 Å². The molecule has 0 radical (unpaired) electrons. The SMILES string of the molecule is COc1cc(OC)c(Cl)c(Nc2ncccc2-c2ncnc(Nc3cnn(C4CCN(C(C)C)CC4)c3)n2)c1Cl. The maximum absolute atomic E-state index is 6.57.